The third kappa shape index (κ3) is 5.33. The van der Waals surface area contributed by atoms with Gasteiger partial charge in [0.15, 0.2) is 5.78 Å². The van der Waals surface area contributed by atoms with Crippen LogP contribution in [0.15, 0.2) is 59.8 Å². The largest absolute Gasteiger partial charge is 0.416 e. The maximum absolute atomic E-state index is 13.9. The number of alkyl halides is 3. The Balaban J connectivity index is 1.90. The lowest BCUT2D eigenvalue weighted by Gasteiger charge is -2.44. The minimum absolute atomic E-state index is 0.0325. The van der Waals surface area contributed by atoms with Crippen LogP contribution in [0.2, 0.25) is 0 Å². The molecule has 0 spiro atoms. The molecule has 2 aromatic carbocycles. The van der Waals surface area contributed by atoms with Crippen LogP contribution in [0.5, 0.6) is 0 Å². The fourth-order valence-corrected chi connectivity index (χ4v) is 4.98. The maximum atomic E-state index is 13.9. The van der Waals surface area contributed by atoms with E-state index in [-0.39, 0.29) is 47.9 Å². The minimum Gasteiger partial charge on any atom is -0.337 e. The number of rotatable bonds is 5. The van der Waals surface area contributed by atoms with Gasteiger partial charge in [0.2, 0.25) is 0 Å². The normalized spacial score (nSPS) is 18.7. The van der Waals surface area contributed by atoms with E-state index in [2.05, 4.69) is 5.32 Å². The number of urea groups is 2. The fourth-order valence-electron chi connectivity index (χ4n) is 4.59. The Labute approximate surface area is 219 Å². The lowest BCUT2D eigenvalue weighted by molar-refractivity contribution is -0.137. The molecule has 0 fully saturated rings. The molecule has 8 nitrogen and oxygen atoms in total. The Morgan fingerprint density at radius 3 is 2.50 bits per heavy atom. The Morgan fingerprint density at radius 2 is 1.87 bits per heavy atom. The fraction of sp³-hybridized carbons (Fsp3) is 0.308. The molecule has 38 heavy (non-hydrogen) atoms. The number of ketones is 1. The van der Waals surface area contributed by atoms with E-state index in [1.165, 1.54) is 36.6 Å². The SMILES string of the molecule is CS(=O)CCNC(=O)N1C(=O)N(c2cccc(C(F)(F)F)c2)C2=C(C(=O)CCC2)C1c1ccc(C#N)cc1. The van der Waals surface area contributed by atoms with Crippen LogP contribution in [0.25, 0.3) is 0 Å². The van der Waals surface area contributed by atoms with Gasteiger partial charge in [-0.3, -0.25) is 13.9 Å². The summed E-state index contributed by atoms with van der Waals surface area (Å²) in [4.78, 5) is 42.4. The van der Waals surface area contributed by atoms with Crippen molar-refractivity contribution in [2.75, 3.05) is 23.5 Å². The second-order valence-corrected chi connectivity index (χ2v) is 10.4. The summed E-state index contributed by atoms with van der Waals surface area (Å²) in [5, 5.41) is 11.7. The third-order valence-electron chi connectivity index (χ3n) is 6.30. The lowest BCUT2D eigenvalue weighted by Crippen LogP contribution is -2.57. The first-order valence-electron chi connectivity index (χ1n) is 11.7. The van der Waals surface area contributed by atoms with Gasteiger partial charge in [-0.25, -0.2) is 14.5 Å². The summed E-state index contributed by atoms with van der Waals surface area (Å²) in [6.07, 6.45) is -2.47. The molecule has 2 unspecified atom stereocenters. The summed E-state index contributed by atoms with van der Waals surface area (Å²) in [7, 11) is -1.23. The van der Waals surface area contributed by atoms with Crippen molar-refractivity contribution in [1.29, 1.82) is 5.26 Å². The average Bonchev–Trinajstić information content (AvgIpc) is 2.87. The van der Waals surface area contributed by atoms with Crippen molar-refractivity contribution in [3.05, 3.63) is 76.5 Å². The lowest BCUT2D eigenvalue weighted by atomic mass is 9.83. The molecule has 0 aromatic heterocycles. The summed E-state index contributed by atoms with van der Waals surface area (Å²) in [6.45, 7) is -0.0325. The number of allylic oxidation sites excluding steroid dienone is 1. The van der Waals surface area contributed by atoms with Crippen molar-refractivity contribution in [2.24, 2.45) is 0 Å². The monoisotopic (exact) mass is 544 g/mol. The van der Waals surface area contributed by atoms with Crippen LogP contribution >= 0.6 is 0 Å². The molecule has 0 saturated heterocycles. The van der Waals surface area contributed by atoms with Crippen LogP contribution < -0.4 is 10.2 Å². The van der Waals surface area contributed by atoms with Crippen LogP contribution in [0.3, 0.4) is 0 Å². The molecule has 0 saturated carbocycles. The van der Waals surface area contributed by atoms with E-state index in [0.717, 1.165) is 28.0 Å². The summed E-state index contributed by atoms with van der Waals surface area (Å²) < 4.78 is 52.0. The zero-order valence-corrected chi connectivity index (χ0v) is 21.1. The summed E-state index contributed by atoms with van der Waals surface area (Å²) in [5.74, 6) is -0.225. The smallest absolute Gasteiger partial charge is 0.337 e. The second-order valence-electron chi connectivity index (χ2n) is 8.82. The summed E-state index contributed by atoms with van der Waals surface area (Å²) >= 11 is 0. The number of anilines is 1. The highest BCUT2D eigenvalue weighted by Gasteiger charge is 2.47. The predicted molar refractivity (Wildman–Crippen MR) is 133 cm³/mol. The number of nitrogens with zero attached hydrogens (tertiary/aromatic N) is 3. The van der Waals surface area contributed by atoms with Crippen LogP contribution in [0.1, 0.15) is 42.0 Å². The van der Waals surface area contributed by atoms with Gasteiger partial charge in [-0.05, 0) is 48.7 Å². The van der Waals surface area contributed by atoms with E-state index in [0.29, 0.717) is 17.5 Å². The van der Waals surface area contributed by atoms with Crippen molar-refractivity contribution in [2.45, 2.75) is 31.5 Å². The van der Waals surface area contributed by atoms with Crippen LogP contribution in [0.4, 0.5) is 28.4 Å². The van der Waals surface area contributed by atoms with Crippen molar-refractivity contribution in [1.82, 2.24) is 10.2 Å². The molecular formula is C26H23F3N4O4S. The Morgan fingerprint density at radius 1 is 1.16 bits per heavy atom. The minimum atomic E-state index is -4.67. The van der Waals surface area contributed by atoms with E-state index >= 15 is 0 Å². The van der Waals surface area contributed by atoms with E-state index in [9.17, 15) is 37.0 Å². The topological polar surface area (TPSA) is 111 Å². The zero-order chi connectivity index (χ0) is 27.6. The first-order chi connectivity index (χ1) is 18.0. The van der Waals surface area contributed by atoms with Gasteiger partial charge in [0.05, 0.1) is 28.9 Å². The number of carbonyl (C=O) groups is 3. The number of hydrogen-bond donors (Lipinski definition) is 1. The van der Waals surface area contributed by atoms with Gasteiger partial charge >= 0.3 is 18.2 Å². The number of nitriles is 1. The van der Waals surface area contributed by atoms with Crippen molar-refractivity contribution >= 4 is 34.3 Å². The van der Waals surface area contributed by atoms with Crippen LogP contribution in [-0.4, -0.2) is 45.5 Å². The van der Waals surface area contributed by atoms with E-state index < -0.39 is 40.6 Å². The van der Waals surface area contributed by atoms with Gasteiger partial charge in [-0.2, -0.15) is 18.4 Å². The molecule has 198 valence electrons. The van der Waals surface area contributed by atoms with E-state index in [1.807, 2.05) is 6.07 Å². The predicted octanol–water partition coefficient (Wildman–Crippen LogP) is 4.66. The molecule has 2 atom stereocenters. The number of imide groups is 1. The van der Waals surface area contributed by atoms with Crippen LogP contribution in [0, 0.1) is 11.3 Å². The first kappa shape index (κ1) is 27.1. The molecule has 1 aliphatic carbocycles. The second kappa shape index (κ2) is 10.8. The molecule has 0 radical (unpaired) electrons. The average molecular weight is 545 g/mol. The van der Waals surface area contributed by atoms with Crippen LogP contribution in [-0.2, 0) is 21.8 Å². The third-order valence-corrected chi connectivity index (χ3v) is 7.08. The van der Waals surface area contributed by atoms with Gasteiger partial charge in [-0.1, -0.05) is 18.2 Å². The first-order valence-corrected chi connectivity index (χ1v) is 13.4. The van der Waals surface area contributed by atoms with Gasteiger partial charge in [0.25, 0.3) is 0 Å². The van der Waals surface area contributed by atoms with Crippen molar-refractivity contribution < 1.29 is 31.8 Å². The maximum Gasteiger partial charge on any atom is 0.416 e. The summed E-state index contributed by atoms with van der Waals surface area (Å²) in [6, 6.07) is 9.19. The molecular weight excluding hydrogens is 521 g/mol. The Hall–Kier alpha value is -3.98. The Kier molecular flexibility index (Phi) is 7.68. The molecule has 2 aromatic rings. The van der Waals surface area contributed by atoms with Crippen molar-refractivity contribution in [3.63, 3.8) is 0 Å². The number of amides is 4. The van der Waals surface area contributed by atoms with E-state index in [4.69, 9.17) is 0 Å². The quantitative estimate of drug-likeness (QED) is 0.589. The van der Waals surface area contributed by atoms with Gasteiger partial charge in [0.1, 0.15) is 0 Å². The van der Waals surface area contributed by atoms with Gasteiger partial charge in [0, 0.05) is 47.0 Å². The number of Topliss-reactive ketones (excluding diaryl/α,β-unsaturated/α-hetero) is 1. The molecule has 1 N–H and O–H groups in total. The standard InChI is InChI=1S/C26H23F3N4O4S/c1-38(37)13-12-31-24(35)33-23(17-10-8-16(15-30)9-11-17)22-20(6-3-7-21(22)34)32(25(33)36)19-5-2-4-18(14-19)26(27,28)29/h2,4-5,8-11,14,23H,3,6-7,12-13H2,1H3,(H,31,35). The number of nitrogens with one attached hydrogen (secondary N) is 1. The highest BCUT2D eigenvalue weighted by Crippen LogP contribution is 2.44. The molecule has 1 aliphatic heterocycles. The zero-order valence-electron chi connectivity index (χ0n) is 20.2. The van der Waals surface area contributed by atoms with Gasteiger partial charge in [-0.15, -0.1) is 0 Å². The molecule has 2 aliphatic rings. The number of halogens is 3. The number of carbonyl (C=O) groups excluding carboxylic acids is 3. The molecule has 4 amide bonds. The highest BCUT2D eigenvalue weighted by atomic mass is 32.2. The number of benzene rings is 2. The van der Waals surface area contributed by atoms with E-state index in [1.54, 1.807) is 0 Å². The highest BCUT2D eigenvalue weighted by molar-refractivity contribution is 7.84. The molecule has 12 heteroatoms. The van der Waals surface area contributed by atoms with Crippen molar-refractivity contribution in [3.8, 4) is 6.07 Å². The number of hydrogen-bond acceptors (Lipinski definition) is 5. The molecule has 0 bridgehead atoms. The summed E-state index contributed by atoms with van der Waals surface area (Å²) in [5.41, 5.74) is -0.0311. The molecule has 1 heterocycles. The Bertz CT molecular complexity index is 1380. The molecule has 4 rings (SSSR count). The van der Waals surface area contributed by atoms with Gasteiger partial charge < -0.3 is 5.32 Å².